The second kappa shape index (κ2) is 12.8. The Morgan fingerprint density at radius 2 is 1.50 bits per heavy atom. The maximum Gasteiger partial charge on any atom is 0.124 e. The molecule has 2 aromatic carbocycles. The molecule has 0 heterocycles. The van der Waals surface area contributed by atoms with Gasteiger partial charge in [0, 0.05) is 12.1 Å². The van der Waals surface area contributed by atoms with Crippen LogP contribution in [0.3, 0.4) is 0 Å². The molecule has 0 fully saturated rings. The summed E-state index contributed by atoms with van der Waals surface area (Å²) < 4.78 is 6.16. The van der Waals surface area contributed by atoms with Crippen LogP contribution in [0.2, 0.25) is 0 Å². The first kappa shape index (κ1) is 20.8. The minimum atomic E-state index is 0.822. The maximum atomic E-state index is 6.16. The highest BCUT2D eigenvalue weighted by Gasteiger charge is 2.08. The zero-order chi connectivity index (χ0) is 18.5. The van der Waals surface area contributed by atoms with Crippen molar-refractivity contribution in [1.82, 2.24) is 5.32 Å². The van der Waals surface area contributed by atoms with E-state index < -0.39 is 0 Å². The summed E-state index contributed by atoms with van der Waals surface area (Å²) in [4.78, 5) is 0. The second-order valence-corrected chi connectivity index (χ2v) is 7.26. The lowest BCUT2D eigenvalue weighted by Crippen LogP contribution is -2.16. The molecule has 0 aromatic heterocycles. The van der Waals surface area contributed by atoms with Crippen LogP contribution in [0.5, 0.6) is 5.75 Å². The van der Waals surface area contributed by atoms with Crippen molar-refractivity contribution in [1.29, 1.82) is 0 Å². The second-order valence-electron chi connectivity index (χ2n) is 7.26. The van der Waals surface area contributed by atoms with Crippen LogP contribution in [-0.2, 0) is 6.54 Å². The molecule has 26 heavy (non-hydrogen) atoms. The first-order valence-corrected chi connectivity index (χ1v) is 10.7. The van der Waals surface area contributed by atoms with E-state index in [2.05, 4.69) is 55.6 Å². The van der Waals surface area contributed by atoms with Gasteiger partial charge in [-0.3, -0.25) is 0 Å². The van der Waals surface area contributed by atoms with Crippen molar-refractivity contribution in [2.45, 2.75) is 78.2 Å². The van der Waals surface area contributed by atoms with Crippen LogP contribution in [0.15, 0.2) is 36.4 Å². The fourth-order valence-electron chi connectivity index (χ4n) is 3.41. The molecule has 0 aliphatic carbocycles. The van der Waals surface area contributed by atoms with Crippen molar-refractivity contribution in [2.24, 2.45) is 0 Å². The van der Waals surface area contributed by atoms with Gasteiger partial charge in [-0.05, 0) is 36.2 Å². The number of nitrogens with one attached hydrogen (secondary N) is 1. The number of ether oxygens (including phenoxy) is 1. The van der Waals surface area contributed by atoms with Crippen LogP contribution in [0, 0.1) is 0 Å². The minimum absolute atomic E-state index is 0.822. The van der Waals surface area contributed by atoms with Crippen molar-refractivity contribution in [3.05, 3.63) is 42.0 Å². The third kappa shape index (κ3) is 6.99. The molecule has 2 rings (SSSR count). The van der Waals surface area contributed by atoms with Crippen LogP contribution >= 0.6 is 0 Å². The average molecular weight is 356 g/mol. The quantitative estimate of drug-likeness (QED) is 0.374. The highest BCUT2D eigenvalue weighted by atomic mass is 16.5. The number of hydrogen-bond donors (Lipinski definition) is 1. The molecule has 0 aliphatic rings. The van der Waals surface area contributed by atoms with Crippen molar-refractivity contribution in [2.75, 3.05) is 13.2 Å². The summed E-state index contributed by atoms with van der Waals surface area (Å²) in [6.07, 6.45) is 11.6. The standard InChI is InChI=1S/C24H37NO/c1-3-5-7-9-12-18-25-20-23-22-15-11-10-14-21(22)16-17-24(23)26-19-13-8-6-4-2/h10-11,14-17,25H,3-9,12-13,18-20H2,1-2H3. The Balaban J connectivity index is 1.93. The molecule has 0 saturated heterocycles. The summed E-state index contributed by atoms with van der Waals surface area (Å²) in [5.41, 5.74) is 1.31. The molecule has 0 spiro atoms. The van der Waals surface area contributed by atoms with Crippen molar-refractivity contribution < 1.29 is 4.74 Å². The zero-order valence-electron chi connectivity index (χ0n) is 16.9. The van der Waals surface area contributed by atoms with Gasteiger partial charge < -0.3 is 10.1 Å². The molecule has 2 nitrogen and oxygen atoms in total. The van der Waals surface area contributed by atoms with Crippen molar-refractivity contribution in [3.63, 3.8) is 0 Å². The first-order chi connectivity index (χ1) is 12.9. The predicted octanol–water partition coefficient (Wildman–Crippen LogP) is 6.86. The fraction of sp³-hybridized carbons (Fsp3) is 0.583. The first-order valence-electron chi connectivity index (χ1n) is 10.7. The Morgan fingerprint density at radius 3 is 2.31 bits per heavy atom. The summed E-state index contributed by atoms with van der Waals surface area (Å²) in [6, 6.07) is 13.0. The highest BCUT2D eigenvalue weighted by Crippen LogP contribution is 2.28. The van der Waals surface area contributed by atoms with E-state index in [0.29, 0.717) is 0 Å². The smallest absolute Gasteiger partial charge is 0.124 e. The van der Waals surface area contributed by atoms with Gasteiger partial charge in [-0.2, -0.15) is 0 Å². The van der Waals surface area contributed by atoms with E-state index in [1.807, 2.05) is 0 Å². The highest BCUT2D eigenvalue weighted by molar-refractivity contribution is 5.87. The lowest BCUT2D eigenvalue weighted by Gasteiger charge is -2.15. The van der Waals surface area contributed by atoms with Crippen molar-refractivity contribution >= 4 is 10.8 Å². The number of hydrogen-bond acceptors (Lipinski definition) is 2. The lowest BCUT2D eigenvalue weighted by molar-refractivity contribution is 0.302. The third-order valence-electron chi connectivity index (χ3n) is 5.01. The Morgan fingerprint density at radius 1 is 0.769 bits per heavy atom. The molecule has 144 valence electrons. The van der Waals surface area contributed by atoms with Gasteiger partial charge in [-0.25, -0.2) is 0 Å². The molecule has 2 heteroatoms. The number of benzene rings is 2. The van der Waals surface area contributed by atoms with Crippen molar-refractivity contribution in [3.8, 4) is 5.75 Å². The zero-order valence-corrected chi connectivity index (χ0v) is 16.9. The van der Waals surface area contributed by atoms with Gasteiger partial charge in [-0.15, -0.1) is 0 Å². The SMILES string of the molecule is CCCCCCCNCc1c(OCCCCCC)ccc2ccccc12. The van der Waals surface area contributed by atoms with Gasteiger partial charge >= 0.3 is 0 Å². The molecule has 0 bridgehead atoms. The summed E-state index contributed by atoms with van der Waals surface area (Å²) in [5.74, 6) is 1.05. The molecule has 1 N–H and O–H groups in total. The Kier molecular flexibility index (Phi) is 10.2. The largest absolute Gasteiger partial charge is 0.493 e. The molecular formula is C24H37NO. The van der Waals surface area contributed by atoms with E-state index in [9.17, 15) is 0 Å². The molecule has 2 aromatic rings. The molecule has 0 radical (unpaired) electrons. The molecule has 0 unspecified atom stereocenters. The van der Waals surface area contributed by atoms with Gasteiger partial charge in [0.1, 0.15) is 5.75 Å². The van der Waals surface area contributed by atoms with Gasteiger partial charge in [0.2, 0.25) is 0 Å². The monoisotopic (exact) mass is 355 g/mol. The summed E-state index contributed by atoms with van der Waals surface area (Å²) in [7, 11) is 0. The Labute approximate surface area is 160 Å². The Hall–Kier alpha value is -1.54. The summed E-state index contributed by atoms with van der Waals surface area (Å²) in [5, 5.41) is 6.26. The van der Waals surface area contributed by atoms with Crippen LogP contribution < -0.4 is 10.1 Å². The van der Waals surface area contributed by atoms with Gasteiger partial charge in [0.25, 0.3) is 0 Å². The molecule has 0 aliphatic heterocycles. The lowest BCUT2D eigenvalue weighted by atomic mass is 10.0. The van der Waals surface area contributed by atoms with Gasteiger partial charge in [0.05, 0.1) is 6.61 Å². The summed E-state index contributed by atoms with van der Waals surface area (Å²) in [6.45, 7) is 7.31. The van der Waals surface area contributed by atoms with E-state index in [1.165, 1.54) is 67.7 Å². The maximum absolute atomic E-state index is 6.16. The minimum Gasteiger partial charge on any atom is -0.493 e. The number of rotatable bonds is 14. The number of fused-ring (bicyclic) bond motifs is 1. The van der Waals surface area contributed by atoms with Crippen LogP contribution in [-0.4, -0.2) is 13.2 Å². The summed E-state index contributed by atoms with van der Waals surface area (Å²) >= 11 is 0. The molecule has 0 saturated carbocycles. The molecule has 0 amide bonds. The van der Waals surface area contributed by atoms with Gasteiger partial charge in [0.15, 0.2) is 0 Å². The van der Waals surface area contributed by atoms with Crippen LogP contribution in [0.1, 0.15) is 77.2 Å². The van der Waals surface area contributed by atoms with Crippen LogP contribution in [0.25, 0.3) is 10.8 Å². The normalized spacial score (nSPS) is 11.2. The number of unbranched alkanes of at least 4 members (excludes halogenated alkanes) is 7. The average Bonchev–Trinajstić information content (AvgIpc) is 2.68. The van der Waals surface area contributed by atoms with E-state index in [-0.39, 0.29) is 0 Å². The topological polar surface area (TPSA) is 21.3 Å². The molecule has 0 atom stereocenters. The Bertz CT molecular complexity index is 623. The predicted molar refractivity (Wildman–Crippen MR) is 114 cm³/mol. The fourth-order valence-corrected chi connectivity index (χ4v) is 3.41. The van der Waals surface area contributed by atoms with Crippen LogP contribution in [0.4, 0.5) is 0 Å². The van der Waals surface area contributed by atoms with E-state index in [0.717, 1.165) is 31.9 Å². The van der Waals surface area contributed by atoms with E-state index in [4.69, 9.17) is 4.74 Å². The van der Waals surface area contributed by atoms with E-state index in [1.54, 1.807) is 0 Å². The van der Waals surface area contributed by atoms with E-state index >= 15 is 0 Å². The van der Waals surface area contributed by atoms with Gasteiger partial charge in [-0.1, -0.05) is 89.1 Å². The third-order valence-corrected chi connectivity index (χ3v) is 5.01. The molecular weight excluding hydrogens is 318 g/mol.